The number of rotatable bonds is 4. The van der Waals surface area contributed by atoms with Crippen LogP contribution < -0.4 is 10.6 Å². The van der Waals surface area contributed by atoms with Crippen molar-refractivity contribution in [1.82, 2.24) is 15.3 Å². The van der Waals surface area contributed by atoms with Crippen molar-refractivity contribution in [1.29, 1.82) is 0 Å². The molecule has 5 nitrogen and oxygen atoms in total. The fraction of sp³-hybridized carbons (Fsp3) is 0.375. The molecular weight excluding hydrogens is 330 g/mol. The number of amides is 1. The van der Waals surface area contributed by atoms with Crippen molar-refractivity contribution < 1.29 is 4.79 Å². The Morgan fingerprint density at radius 3 is 3.00 bits per heavy atom. The highest BCUT2D eigenvalue weighted by molar-refractivity contribution is 14.1. The molecule has 0 saturated heterocycles. The second-order valence-electron chi connectivity index (χ2n) is 2.75. The lowest BCUT2D eigenvalue weighted by Crippen LogP contribution is -2.26. The molecule has 1 aromatic heterocycles. The maximum atomic E-state index is 10.6. The van der Waals surface area contributed by atoms with Crippen LogP contribution in [0.3, 0.4) is 0 Å². The van der Waals surface area contributed by atoms with E-state index in [-0.39, 0.29) is 11.2 Å². The van der Waals surface area contributed by atoms with Gasteiger partial charge in [0.2, 0.25) is 11.2 Å². The Hall–Kier alpha value is -0.630. The van der Waals surface area contributed by atoms with Crippen LogP contribution in [0.25, 0.3) is 0 Å². The Balaban J connectivity index is 2.43. The minimum absolute atomic E-state index is 0.0489. The molecule has 0 atom stereocenters. The Labute approximate surface area is 106 Å². The molecule has 0 fully saturated rings. The van der Waals surface area contributed by atoms with Gasteiger partial charge < -0.3 is 10.6 Å². The number of nitrogens with one attached hydrogen (secondary N) is 2. The van der Waals surface area contributed by atoms with Gasteiger partial charge in [-0.15, -0.1) is 0 Å². The lowest BCUT2D eigenvalue weighted by molar-refractivity contribution is -0.118. The molecule has 0 bridgehead atoms. The number of hydrogen-bond acceptors (Lipinski definition) is 4. The van der Waals surface area contributed by atoms with Gasteiger partial charge in [-0.3, -0.25) is 4.79 Å². The van der Waals surface area contributed by atoms with Gasteiger partial charge in [-0.2, -0.15) is 4.98 Å². The smallest absolute Gasteiger partial charge is 0.224 e. The van der Waals surface area contributed by atoms with E-state index < -0.39 is 0 Å². The van der Waals surface area contributed by atoms with Gasteiger partial charge in [0.25, 0.3) is 0 Å². The first-order chi connectivity index (χ1) is 7.09. The van der Waals surface area contributed by atoms with Crippen molar-refractivity contribution >= 4 is 45.9 Å². The van der Waals surface area contributed by atoms with E-state index in [4.69, 9.17) is 11.6 Å². The first-order valence-corrected chi connectivity index (χ1v) is 5.71. The van der Waals surface area contributed by atoms with Crippen LogP contribution in [0, 0.1) is 3.57 Å². The van der Waals surface area contributed by atoms with E-state index >= 15 is 0 Å². The predicted octanol–water partition coefficient (Wildman–Crippen LogP) is 1.28. The Bertz CT molecular complexity index is 360. The van der Waals surface area contributed by atoms with Gasteiger partial charge >= 0.3 is 0 Å². The molecule has 82 valence electrons. The highest BCUT2D eigenvalue weighted by Crippen LogP contribution is 2.15. The van der Waals surface area contributed by atoms with Crippen molar-refractivity contribution in [2.75, 3.05) is 18.4 Å². The average Bonchev–Trinajstić information content (AvgIpc) is 2.17. The number of carbonyl (C=O) groups excluding carboxylic acids is 1. The zero-order valence-electron chi connectivity index (χ0n) is 8.05. The molecule has 0 saturated carbocycles. The van der Waals surface area contributed by atoms with Crippen LogP contribution in [0.15, 0.2) is 6.20 Å². The van der Waals surface area contributed by atoms with Gasteiger partial charge in [0, 0.05) is 26.2 Å². The van der Waals surface area contributed by atoms with Crippen molar-refractivity contribution in [3.05, 3.63) is 15.1 Å². The van der Waals surface area contributed by atoms with E-state index in [1.807, 2.05) is 0 Å². The van der Waals surface area contributed by atoms with Gasteiger partial charge in [-0.1, -0.05) is 0 Å². The quantitative estimate of drug-likeness (QED) is 0.492. The molecule has 0 aliphatic carbocycles. The maximum Gasteiger partial charge on any atom is 0.224 e. The van der Waals surface area contributed by atoms with E-state index in [0.29, 0.717) is 18.9 Å². The van der Waals surface area contributed by atoms with Gasteiger partial charge in [0.15, 0.2) is 0 Å². The van der Waals surface area contributed by atoms with Crippen molar-refractivity contribution in [2.24, 2.45) is 0 Å². The Morgan fingerprint density at radius 2 is 2.33 bits per heavy atom. The molecule has 0 radical (unpaired) electrons. The lowest BCUT2D eigenvalue weighted by Gasteiger charge is -2.07. The lowest BCUT2D eigenvalue weighted by atomic mass is 10.5. The second kappa shape index (κ2) is 6.06. The monoisotopic (exact) mass is 340 g/mol. The van der Waals surface area contributed by atoms with Gasteiger partial charge in [0.05, 0.1) is 3.57 Å². The zero-order chi connectivity index (χ0) is 11.3. The minimum Gasteiger partial charge on any atom is -0.367 e. The predicted molar refractivity (Wildman–Crippen MR) is 66.9 cm³/mol. The summed E-state index contributed by atoms with van der Waals surface area (Å²) in [5.41, 5.74) is 0. The van der Waals surface area contributed by atoms with Crippen LogP contribution in [0.5, 0.6) is 0 Å². The highest BCUT2D eigenvalue weighted by Gasteiger charge is 2.02. The Morgan fingerprint density at radius 1 is 1.60 bits per heavy atom. The van der Waals surface area contributed by atoms with Crippen LogP contribution in [-0.2, 0) is 4.79 Å². The largest absolute Gasteiger partial charge is 0.367 e. The van der Waals surface area contributed by atoms with Crippen LogP contribution in [0.2, 0.25) is 5.28 Å². The fourth-order valence-corrected chi connectivity index (χ4v) is 1.47. The third-order valence-corrected chi connectivity index (χ3v) is 2.48. The topological polar surface area (TPSA) is 66.9 Å². The summed E-state index contributed by atoms with van der Waals surface area (Å²) in [6.07, 6.45) is 1.64. The molecular formula is C8H10ClIN4O. The third kappa shape index (κ3) is 4.61. The van der Waals surface area contributed by atoms with Crippen LogP contribution in [-0.4, -0.2) is 29.0 Å². The summed E-state index contributed by atoms with van der Waals surface area (Å²) >= 11 is 7.75. The van der Waals surface area contributed by atoms with E-state index in [9.17, 15) is 4.79 Å². The first kappa shape index (κ1) is 12.4. The summed E-state index contributed by atoms with van der Waals surface area (Å²) < 4.78 is 0.889. The molecule has 0 unspecified atom stereocenters. The number of nitrogens with zero attached hydrogens (tertiary/aromatic N) is 2. The summed E-state index contributed by atoms with van der Waals surface area (Å²) in [7, 11) is 0. The summed E-state index contributed by atoms with van der Waals surface area (Å²) in [6, 6.07) is 0. The zero-order valence-corrected chi connectivity index (χ0v) is 11.0. The maximum absolute atomic E-state index is 10.6. The SMILES string of the molecule is CC(=O)NCCNc1nc(Cl)ncc1I. The van der Waals surface area contributed by atoms with Gasteiger partial charge in [0.1, 0.15) is 5.82 Å². The molecule has 1 amide bonds. The molecule has 0 aliphatic rings. The van der Waals surface area contributed by atoms with E-state index in [1.165, 1.54) is 6.92 Å². The molecule has 0 aliphatic heterocycles. The molecule has 1 rings (SSSR count). The van der Waals surface area contributed by atoms with Gasteiger partial charge in [-0.25, -0.2) is 4.98 Å². The standard InChI is InChI=1S/C8H10ClIN4O/c1-5(15)11-2-3-12-7-6(10)4-13-8(9)14-7/h4H,2-3H2,1H3,(H,11,15)(H,12,13,14). The summed E-state index contributed by atoms with van der Waals surface area (Å²) in [6.45, 7) is 2.63. The number of carbonyl (C=O) groups is 1. The average molecular weight is 341 g/mol. The molecule has 7 heteroatoms. The first-order valence-electron chi connectivity index (χ1n) is 4.26. The summed E-state index contributed by atoms with van der Waals surface area (Å²) in [4.78, 5) is 18.4. The molecule has 2 N–H and O–H groups in total. The van der Waals surface area contributed by atoms with Gasteiger partial charge in [-0.05, 0) is 34.2 Å². The number of aromatic nitrogens is 2. The number of hydrogen-bond donors (Lipinski definition) is 2. The van der Waals surface area contributed by atoms with Crippen molar-refractivity contribution in [2.45, 2.75) is 6.92 Å². The van der Waals surface area contributed by atoms with E-state index in [2.05, 4.69) is 43.2 Å². The number of halogens is 2. The minimum atomic E-state index is -0.0489. The van der Waals surface area contributed by atoms with Crippen LogP contribution in [0.1, 0.15) is 6.92 Å². The van der Waals surface area contributed by atoms with E-state index in [1.54, 1.807) is 6.20 Å². The molecule has 1 heterocycles. The fourth-order valence-electron chi connectivity index (χ4n) is 0.889. The number of anilines is 1. The Kier molecular flexibility index (Phi) is 5.03. The second-order valence-corrected chi connectivity index (χ2v) is 4.25. The summed E-state index contributed by atoms with van der Waals surface area (Å²) in [5.74, 6) is 0.633. The van der Waals surface area contributed by atoms with Crippen molar-refractivity contribution in [3.8, 4) is 0 Å². The molecule has 0 aromatic carbocycles. The van der Waals surface area contributed by atoms with Crippen LogP contribution >= 0.6 is 34.2 Å². The molecule has 15 heavy (non-hydrogen) atoms. The van der Waals surface area contributed by atoms with Crippen LogP contribution in [0.4, 0.5) is 5.82 Å². The van der Waals surface area contributed by atoms with E-state index in [0.717, 1.165) is 3.57 Å². The summed E-state index contributed by atoms with van der Waals surface area (Å²) in [5, 5.41) is 5.93. The molecule has 1 aromatic rings. The highest BCUT2D eigenvalue weighted by atomic mass is 127. The normalized spacial score (nSPS) is 9.80. The molecule has 0 spiro atoms. The van der Waals surface area contributed by atoms with Crippen molar-refractivity contribution in [3.63, 3.8) is 0 Å². The third-order valence-electron chi connectivity index (χ3n) is 1.51.